The molecule has 0 radical (unpaired) electrons. The average molecular weight is 267 g/mol. The molecular formula is C14H16ClFN2. The van der Waals surface area contributed by atoms with Gasteiger partial charge in [-0.25, -0.2) is 9.37 Å². The SMILES string of the molecule is CC(C1CCC1)n1c(CCl)nc2cccc(F)c21. The number of alkyl halides is 1. The normalized spacial score (nSPS) is 17.9. The Balaban J connectivity index is 2.17. The van der Waals surface area contributed by atoms with Crippen molar-refractivity contribution >= 4 is 22.6 Å². The van der Waals surface area contributed by atoms with E-state index in [2.05, 4.69) is 11.9 Å². The van der Waals surface area contributed by atoms with Gasteiger partial charge >= 0.3 is 0 Å². The number of benzene rings is 1. The summed E-state index contributed by atoms with van der Waals surface area (Å²) in [6.07, 6.45) is 3.72. The fourth-order valence-corrected chi connectivity index (χ4v) is 3.01. The van der Waals surface area contributed by atoms with E-state index in [9.17, 15) is 4.39 Å². The molecular weight excluding hydrogens is 251 g/mol. The smallest absolute Gasteiger partial charge is 0.149 e. The van der Waals surface area contributed by atoms with Crippen LogP contribution in [0, 0.1) is 11.7 Å². The Labute approximate surface area is 111 Å². The van der Waals surface area contributed by atoms with Crippen LogP contribution in [0.5, 0.6) is 0 Å². The summed E-state index contributed by atoms with van der Waals surface area (Å²) in [4.78, 5) is 4.44. The lowest BCUT2D eigenvalue weighted by Gasteiger charge is -2.33. The van der Waals surface area contributed by atoms with Crippen molar-refractivity contribution in [3.63, 3.8) is 0 Å². The van der Waals surface area contributed by atoms with E-state index in [0.717, 1.165) is 5.82 Å². The molecule has 1 fully saturated rings. The first kappa shape index (κ1) is 12.0. The summed E-state index contributed by atoms with van der Waals surface area (Å²) >= 11 is 5.96. The second-order valence-corrected chi connectivity index (χ2v) is 5.34. The summed E-state index contributed by atoms with van der Waals surface area (Å²) in [5, 5.41) is 0. The van der Waals surface area contributed by atoms with Gasteiger partial charge in [0.15, 0.2) is 0 Å². The molecule has 0 aliphatic heterocycles. The molecule has 1 aromatic carbocycles. The summed E-state index contributed by atoms with van der Waals surface area (Å²) in [5.74, 6) is 1.52. The van der Waals surface area contributed by atoms with E-state index in [1.807, 2.05) is 10.6 Å². The lowest BCUT2D eigenvalue weighted by Crippen LogP contribution is -2.24. The lowest BCUT2D eigenvalue weighted by molar-refractivity contribution is 0.223. The number of halogens is 2. The molecule has 4 heteroatoms. The molecule has 1 saturated carbocycles. The van der Waals surface area contributed by atoms with Gasteiger partial charge in [-0.15, -0.1) is 11.6 Å². The zero-order chi connectivity index (χ0) is 12.7. The van der Waals surface area contributed by atoms with E-state index < -0.39 is 0 Å². The van der Waals surface area contributed by atoms with Crippen LogP contribution in [0.25, 0.3) is 11.0 Å². The van der Waals surface area contributed by atoms with E-state index in [0.29, 0.717) is 22.8 Å². The van der Waals surface area contributed by atoms with Crippen molar-refractivity contribution < 1.29 is 4.39 Å². The quantitative estimate of drug-likeness (QED) is 0.759. The van der Waals surface area contributed by atoms with Gasteiger partial charge in [0.05, 0.1) is 11.4 Å². The lowest BCUT2D eigenvalue weighted by atomic mass is 9.80. The fraction of sp³-hybridized carbons (Fsp3) is 0.500. The Kier molecular flexibility index (Phi) is 3.02. The minimum Gasteiger partial charge on any atom is -0.321 e. The van der Waals surface area contributed by atoms with Crippen LogP contribution < -0.4 is 0 Å². The average Bonchev–Trinajstić information content (AvgIpc) is 2.66. The molecule has 1 atom stereocenters. The van der Waals surface area contributed by atoms with Gasteiger partial charge in [0, 0.05) is 6.04 Å². The third-order valence-electron chi connectivity index (χ3n) is 4.09. The number of imidazole rings is 1. The van der Waals surface area contributed by atoms with Gasteiger partial charge in [-0.1, -0.05) is 12.5 Å². The van der Waals surface area contributed by atoms with Crippen LogP contribution in [-0.4, -0.2) is 9.55 Å². The Morgan fingerprint density at radius 3 is 2.89 bits per heavy atom. The Hall–Kier alpha value is -1.09. The molecule has 2 nitrogen and oxygen atoms in total. The summed E-state index contributed by atoms with van der Waals surface area (Å²) in [5.41, 5.74) is 1.31. The molecule has 0 bridgehead atoms. The van der Waals surface area contributed by atoms with Crippen LogP contribution in [-0.2, 0) is 5.88 Å². The van der Waals surface area contributed by atoms with Crippen molar-refractivity contribution in [2.75, 3.05) is 0 Å². The van der Waals surface area contributed by atoms with Gasteiger partial charge in [0.1, 0.15) is 17.2 Å². The summed E-state index contributed by atoms with van der Waals surface area (Å²) in [6, 6.07) is 5.31. The van der Waals surface area contributed by atoms with Gasteiger partial charge in [-0.2, -0.15) is 0 Å². The molecule has 2 aromatic rings. The summed E-state index contributed by atoms with van der Waals surface area (Å²) in [7, 11) is 0. The van der Waals surface area contributed by atoms with Crippen LogP contribution in [0.1, 0.15) is 38.1 Å². The molecule has 0 N–H and O–H groups in total. The second kappa shape index (κ2) is 4.54. The van der Waals surface area contributed by atoms with Crippen molar-refractivity contribution in [3.8, 4) is 0 Å². The largest absolute Gasteiger partial charge is 0.321 e. The number of hydrogen-bond donors (Lipinski definition) is 0. The third kappa shape index (κ3) is 1.72. The fourth-order valence-electron chi connectivity index (χ4n) is 2.82. The predicted molar refractivity (Wildman–Crippen MR) is 71.3 cm³/mol. The van der Waals surface area contributed by atoms with Crippen molar-refractivity contribution in [2.45, 2.75) is 38.1 Å². The van der Waals surface area contributed by atoms with Crippen molar-refractivity contribution in [1.82, 2.24) is 9.55 Å². The van der Waals surface area contributed by atoms with E-state index in [1.165, 1.54) is 25.3 Å². The number of fused-ring (bicyclic) bond motifs is 1. The number of rotatable bonds is 3. The number of nitrogens with zero attached hydrogens (tertiary/aromatic N) is 2. The van der Waals surface area contributed by atoms with E-state index in [1.54, 1.807) is 6.07 Å². The van der Waals surface area contributed by atoms with Gasteiger partial charge in [-0.05, 0) is 37.8 Å². The Morgan fingerprint density at radius 2 is 2.28 bits per heavy atom. The molecule has 1 aromatic heterocycles. The molecule has 1 aliphatic rings. The molecule has 0 amide bonds. The third-order valence-corrected chi connectivity index (χ3v) is 4.33. The maximum atomic E-state index is 14.0. The second-order valence-electron chi connectivity index (χ2n) is 5.07. The highest BCUT2D eigenvalue weighted by Crippen LogP contribution is 2.38. The summed E-state index contributed by atoms with van der Waals surface area (Å²) < 4.78 is 16.0. The zero-order valence-corrected chi connectivity index (χ0v) is 11.1. The van der Waals surface area contributed by atoms with Crippen molar-refractivity contribution in [2.24, 2.45) is 5.92 Å². The maximum Gasteiger partial charge on any atom is 0.149 e. The molecule has 0 saturated heterocycles. The predicted octanol–water partition coefficient (Wildman–Crippen LogP) is 4.28. The number of aromatic nitrogens is 2. The molecule has 1 heterocycles. The van der Waals surface area contributed by atoms with Gasteiger partial charge < -0.3 is 4.57 Å². The molecule has 96 valence electrons. The molecule has 18 heavy (non-hydrogen) atoms. The molecule has 0 spiro atoms. The van der Waals surface area contributed by atoms with E-state index >= 15 is 0 Å². The van der Waals surface area contributed by atoms with Crippen LogP contribution in [0.4, 0.5) is 4.39 Å². The highest BCUT2D eigenvalue weighted by atomic mass is 35.5. The Morgan fingerprint density at radius 1 is 1.50 bits per heavy atom. The first-order chi connectivity index (χ1) is 8.72. The van der Waals surface area contributed by atoms with Crippen LogP contribution in [0.2, 0.25) is 0 Å². The highest BCUT2D eigenvalue weighted by Gasteiger charge is 2.28. The van der Waals surface area contributed by atoms with Gasteiger partial charge in [0.2, 0.25) is 0 Å². The van der Waals surface area contributed by atoms with Gasteiger partial charge in [0.25, 0.3) is 0 Å². The monoisotopic (exact) mass is 266 g/mol. The van der Waals surface area contributed by atoms with Crippen LogP contribution in [0.15, 0.2) is 18.2 Å². The summed E-state index contributed by atoms with van der Waals surface area (Å²) in [6.45, 7) is 2.15. The minimum atomic E-state index is -0.206. The minimum absolute atomic E-state index is 0.206. The first-order valence-electron chi connectivity index (χ1n) is 6.43. The first-order valence-corrected chi connectivity index (χ1v) is 6.97. The van der Waals surface area contributed by atoms with Crippen LogP contribution >= 0.6 is 11.6 Å². The van der Waals surface area contributed by atoms with Crippen LogP contribution in [0.3, 0.4) is 0 Å². The highest BCUT2D eigenvalue weighted by molar-refractivity contribution is 6.16. The van der Waals surface area contributed by atoms with E-state index in [4.69, 9.17) is 11.6 Å². The molecule has 1 aliphatic carbocycles. The number of hydrogen-bond acceptors (Lipinski definition) is 1. The molecule has 1 unspecified atom stereocenters. The number of para-hydroxylation sites is 1. The van der Waals surface area contributed by atoms with Crippen molar-refractivity contribution in [1.29, 1.82) is 0 Å². The maximum absolute atomic E-state index is 14.0. The molecule has 3 rings (SSSR count). The van der Waals surface area contributed by atoms with E-state index in [-0.39, 0.29) is 11.9 Å². The zero-order valence-electron chi connectivity index (χ0n) is 10.4. The van der Waals surface area contributed by atoms with Gasteiger partial charge in [-0.3, -0.25) is 0 Å². The Bertz CT molecular complexity index is 574. The van der Waals surface area contributed by atoms with Crippen molar-refractivity contribution in [3.05, 3.63) is 29.8 Å². The standard InChI is InChI=1S/C14H16ClFN2/c1-9(10-4-2-5-10)18-13(8-15)17-12-7-3-6-11(16)14(12)18/h3,6-7,9-10H,2,4-5,8H2,1H3. The topological polar surface area (TPSA) is 17.8 Å².